The van der Waals surface area contributed by atoms with Crippen molar-refractivity contribution in [2.45, 2.75) is 266 Å². The molecule has 6 unspecified atom stereocenters. The Labute approximate surface area is 860 Å². The summed E-state index contributed by atoms with van der Waals surface area (Å²) in [6.07, 6.45) is -22.4. The van der Waals surface area contributed by atoms with Crippen LogP contribution in [0, 0.1) is 0 Å². The number of imidazole rings is 2. The van der Waals surface area contributed by atoms with E-state index in [4.69, 9.17) is 90.1 Å². The number of nitrogen functional groups attached to an aromatic ring is 1. The molecule has 812 valence electrons. The number of nitrogens with two attached hydrogens (primary N) is 1. The van der Waals surface area contributed by atoms with Crippen LogP contribution >= 0.6 is 36.4 Å². The minimum absolute atomic E-state index is 0.0415. The van der Waals surface area contributed by atoms with E-state index in [2.05, 4.69) is 51.2 Å². The Hall–Kier alpha value is -13.2. The summed E-state index contributed by atoms with van der Waals surface area (Å²) in [5.74, 6) is -14.0. The fraction of sp³-hybridized carbons (Fsp3) is 0.543. The quantitative estimate of drug-likeness (QED) is 0.00807. The van der Waals surface area contributed by atoms with E-state index in [1.54, 1.807) is 0 Å². The number of alkyl halides is 2. The van der Waals surface area contributed by atoms with Crippen molar-refractivity contribution in [3.05, 3.63) is 107 Å². The molecule has 58 heteroatoms. The summed E-state index contributed by atoms with van der Waals surface area (Å²) in [5.41, 5.74) is 4.44. The molecule has 5 fully saturated rings. The van der Waals surface area contributed by atoms with Crippen molar-refractivity contribution < 1.29 is 179 Å². The van der Waals surface area contributed by atoms with Gasteiger partial charge in [-0.05, 0) is 110 Å². The van der Waals surface area contributed by atoms with E-state index in [9.17, 15) is 81.5 Å². The lowest BCUT2D eigenvalue weighted by molar-refractivity contribution is -0.282. The molecular formula is C92H111F2N15O37P2S2. The fourth-order valence-corrected chi connectivity index (χ4v) is 23.7. The molecule has 4 aromatic heterocycles. The number of amides is 8. The van der Waals surface area contributed by atoms with Crippen LogP contribution in [0.25, 0.3) is 22.3 Å². The van der Waals surface area contributed by atoms with Gasteiger partial charge in [-0.1, -0.05) is 37.8 Å². The zero-order valence-corrected chi connectivity index (χ0v) is 85.5. The molecule has 6 aromatic rings. The number of halogens is 2. The predicted molar refractivity (Wildman–Crippen MR) is 513 cm³/mol. The van der Waals surface area contributed by atoms with Crippen LogP contribution in [-0.4, -0.2) is 296 Å². The fourth-order valence-electron chi connectivity index (χ4n) is 16.9. The maximum atomic E-state index is 18.4. The Kier molecular flexibility index (Phi) is 39.9. The highest BCUT2D eigenvalue weighted by Gasteiger charge is 2.60. The number of nitrogens with one attached hydrogen (secondary N) is 5. The maximum Gasteiger partial charge on any atom is 0.389 e. The van der Waals surface area contributed by atoms with Crippen molar-refractivity contribution in [3.8, 4) is 11.5 Å². The lowest BCUT2D eigenvalue weighted by atomic mass is 9.97. The van der Waals surface area contributed by atoms with Crippen LogP contribution in [0.4, 0.5) is 26.0 Å². The summed E-state index contributed by atoms with van der Waals surface area (Å²) in [6, 6.07) is 7.72. The van der Waals surface area contributed by atoms with Gasteiger partial charge in [0.25, 0.3) is 29.2 Å². The molecule has 52 nitrogen and oxygen atoms in total. The number of ether oxygens (including phenoxy) is 14. The molecule has 20 atom stereocenters. The Morgan fingerprint density at radius 3 is 1.23 bits per heavy atom. The second-order valence-corrected chi connectivity index (χ2v) is 43.0. The molecule has 13 rings (SSSR count). The van der Waals surface area contributed by atoms with Crippen LogP contribution in [0.15, 0.2) is 90.8 Å². The van der Waals surface area contributed by atoms with Gasteiger partial charge >= 0.3 is 61.3 Å². The summed E-state index contributed by atoms with van der Waals surface area (Å²) in [4.78, 5) is 245. The largest absolute Gasteiger partial charge is 0.467 e. The molecule has 0 radical (unpaired) electrons. The van der Waals surface area contributed by atoms with E-state index < -0.39 is 238 Å². The van der Waals surface area contributed by atoms with Crippen LogP contribution in [0.1, 0.15) is 168 Å². The van der Waals surface area contributed by atoms with Gasteiger partial charge in [0, 0.05) is 129 Å². The third kappa shape index (κ3) is 29.8. The molecule has 8 amide bonds. The number of carbonyl (C=O) groups is 16. The van der Waals surface area contributed by atoms with E-state index in [0.717, 1.165) is 100 Å². The second kappa shape index (κ2) is 52.5. The SMILES string of the molecule is COC(=O)C1O[C@@H](Oc2ccc(CSP3(=O)OC[C@H]4O[C@@H](n5cnc6c(N)ncnc65)[C@H](F)[C@@H]4OP(=O)(SCc4ccc(O[C@@H]5OC(C(=O)OC)[C@@H](OC(C)=O)[C@H](OC(C)=O)C5OC(C)=O)c(NC(=O)CCCCCNC(=O)CCCCCN5C(=O)C=CC5=O)c4)OC[C@H]4O[C@@H](n5cnc6c(=O)[nH]cnc65)[C@H](F)[C@@H]4O3)cc2NC(=O)CCCCCNC(=O)CCCCCN2C(=O)C=CC2=O)[C@@H](OC(C)=O)C(OC(C)=O)[C@@H]1OC(C)=O. The zero-order chi connectivity index (χ0) is 108. The number of hydrogen-bond acceptors (Lipinski definition) is 45. The number of aromatic nitrogens is 8. The molecule has 5 saturated heterocycles. The van der Waals surface area contributed by atoms with Crippen LogP contribution in [0.3, 0.4) is 0 Å². The molecule has 0 aliphatic carbocycles. The molecule has 0 saturated carbocycles. The smallest absolute Gasteiger partial charge is 0.389 e. The second-order valence-electron chi connectivity index (χ2n) is 34.9. The maximum absolute atomic E-state index is 18.4. The molecule has 7 aliphatic heterocycles. The molecule has 11 heterocycles. The van der Waals surface area contributed by atoms with Crippen molar-refractivity contribution >= 4 is 171 Å². The van der Waals surface area contributed by atoms with Gasteiger partial charge in [0.05, 0.1) is 57.8 Å². The molecule has 7 N–H and O–H groups in total. The highest BCUT2D eigenvalue weighted by Crippen LogP contribution is 2.68. The number of anilines is 3. The van der Waals surface area contributed by atoms with Gasteiger partial charge < -0.3 is 98.3 Å². The normalized spacial score (nSPS) is 26.1. The number of hydrogen-bond donors (Lipinski definition) is 6. The average Bonchev–Trinajstić information content (AvgIpc) is 1.56. The molecule has 7 aliphatic rings. The first-order valence-electron chi connectivity index (χ1n) is 47.6. The number of unbranched alkanes of at least 4 members (excludes halogenated alkanes) is 8. The van der Waals surface area contributed by atoms with Crippen molar-refractivity contribution in [2.24, 2.45) is 0 Å². The monoisotopic (exact) mass is 2180 g/mol. The number of esters is 8. The minimum atomic E-state index is -5.23. The molecule has 0 spiro atoms. The first-order valence-corrected chi connectivity index (χ1v) is 53.8. The van der Waals surface area contributed by atoms with Gasteiger partial charge in [-0.3, -0.25) is 109 Å². The topological polar surface area (TPSA) is 661 Å². The van der Waals surface area contributed by atoms with E-state index >= 15 is 17.9 Å². The Bertz CT molecular complexity index is 6220. The highest BCUT2D eigenvalue weighted by molar-refractivity contribution is 8.55. The van der Waals surface area contributed by atoms with Crippen molar-refractivity contribution in [3.63, 3.8) is 0 Å². The number of rotatable bonds is 46. The number of imide groups is 2. The van der Waals surface area contributed by atoms with Crippen molar-refractivity contribution in [1.82, 2.24) is 59.5 Å². The van der Waals surface area contributed by atoms with Crippen LogP contribution in [0.2, 0.25) is 0 Å². The summed E-state index contributed by atoms with van der Waals surface area (Å²) in [7, 11) is 1.92. The highest BCUT2D eigenvalue weighted by atomic mass is 32.7. The van der Waals surface area contributed by atoms with E-state index in [-0.39, 0.29) is 139 Å². The van der Waals surface area contributed by atoms with Crippen LogP contribution < -0.4 is 42.0 Å². The number of benzene rings is 2. The summed E-state index contributed by atoms with van der Waals surface area (Å²) in [5, 5.41) is 11.2. The minimum Gasteiger partial charge on any atom is -0.467 e. The van der Waals surface area contributed by atoms with Crippen molar-refractivity contribution in [2.75, 3.05) is 70.0 Å². The van der Waals surface area contributed by atoms with E-state index in [1.165, 1.54) is 60.7 Å². The first-order chi connectivity index (χ1) is 71.7. The number of H-pyrrole nitrogens is 1. The lowest BCUT2D eigenvalue weighted by Crippen LogP contribution is -2.64. The van der Waals surface area contributed by atoms with Crippen LogP contribution in [0.5, 0.6) is 11.5 Å². The van der Waals surface area contributed by atoms with E-state index in [0.29, 0.717) is 87.0 Å². The van der Waals surface area contributed by atoms with E-state index in [1.807, 2.05) is 0 Å². The van der Waals surface area contributed by atoms with Gasteiger partial charge in [0.1, 0.15) is 47.8 Å². The third-order valence-corrected chi connectivity index (χ3v) is 31.2. The molecule has 2 aromatic carbocycles. The first kappa shape index (κ1) is 114. The van der Waals surface area contributed by atoms with Gasteiger partial charge in [-0.2, -0.15) is 0 Å². The summed E-state index contributed by atoms with van der Waals surface area (Å²) < 4.78 is 179. The number of carbonyl (C=O) groups excluding carboxylic acids is 16. The third-order valence-electron chi connectivity index (χ3n) is 23.9. The molecule has 0 bridgehead atoms. The van der Waals surface area contributed by atoms with Crippen molar-refractivity contribution in [1.29, 1.82) is 0 Å². The van der Waals surface area contributed by atoms with Gasteiger partial charge in [-0.25, -0.2) is 52.4 Å². The molecule has 150 heavy (non-hydrogen) atoms. The van der Waals surface area contributed by atoms with Gasteiger partial charge in [-0.15, -0.1) is 0 Å². The number of nitrogens with zero attached hydrogens (tertiary/aromatic N) is 9. The average molecular weight is 2180 g/mol. The Morgan fingerprint density at radius 1 is 0.460 bits per heavy atom. The number of methoxy groups -OCH3 is 2. The van der Waals surface area contributed by atoms with Gasteiger partial charge in [0.2, 0.25) is 48.4 Å². The Balaban J connectivity index is 0.801. The van der Waals surface area contributed by atoms with Gasteiger partial charge in [0.15, 0.2) is 84.1 Å². The standard InChI is InChI=1S/C92H111F2N15O37P2S2/c1-47(110)133-75-77(135-49(3)112)81(137-51(5)114)91(143-79(75)89(125)129-7)141-57-27-25-53(37-55(57)104-63(118)23-13-9-17-33-96-61(116)21-15-11-19-35-106-65(120)29-30-66(106)121)41-149-147(127)132-40-60-74(70(94)88(140-60)109-46-103-72-85(109)100-44-101-86(72)124)146-148(128,131-39-59-73(145-147)69(93)87(139-59)108-45-102-71-83(95)98-43-99-84(71)108)150-42-54-26-28-58(142-92-82(138-52(6)115)78(136-50(4)113)76(134-48(2)111)80(144-92)90(126)130-8)56(38-54)105-64(119)24-14-10-18-34-97-62(117)22-16-12-20-36-107-67(122)31-32-68(107)123/h25-32,37-38,43-46,59-60,69-70,73-82,87-88,91-92H,9-24,33-36,39-42H2,1-8H3,(H,96,116)(H,97,117)(H,104,118)(H,105,119)(H2,95,98,99)(H,100,101,124)/t59-,60-,69-,70-,73-,74-,75+,76+,77+,78?,79?,80?,81?,82+,87-,88-,91-,92-,147?,148?/m1/s1. The summed E-state index contributed by atoms with van der Waals surface area (Å²) in [6.45, 7) is -6.01. The predicted octanol–water partition coefficient (Wildman–Crippen LogP) is 6.26. The number of fused-ring (bicyclic) bond motifs is 4. The molecular weight excluding hydrogens is 2070 g/mol. The Morgan fingerprint density at radius 2 is 0.833 bits per heavy atom. The lowest BCUT2D eigenvalue weighted by Gasteiger charge is -2.43. The van der Waals surface area contributed by atoms with Crippen LogP contribution in [-0.2, 0) is 172 Å². The summed E-state index contributed by atoms with van der Waals surface area (Å²) >= 11 is 0.735. The zero-order valence-electron chi connectivity index (χ0n) is 82.1. The number of aromatic amines is 1.